The molecule has 0 aromatic carbocycles. The van der Waals surface area contributed by atoms with Gasteiger partial charge in [0.15, 0.2) is 11.4 Å². The normalized spacial score (nSPS) is 26.9. The predicted octanol–water partition coefficient (Wildman–Crippen LogP) is 2.55. The fraction of sp³-hybridized carbons (Fsp3) is 0.692. The van der Waals surface area contributed by atoms with Crippen LogP contribution >= 0.6 is 7.29 Å². The second-order valence-corrected chi connectivity index (χ2v) is 8.94. The van der Waals surface area contributed by atoms with Gasteiger partial charge in [0, 0.05) is 6.66 Å². The first-order valence-corrected chi connectivity index (χ1v) is 8.71. The first-order valence-electron chi connectivity index (χ1n) is 6.61. The van der Waals surface area contributed by atoms with Crippen LogP contribution in [0.5, 0.6) is 5.75 Å². The van der Waals surface area contributed by atoms with Crippen molar-refractivity contribution in [1.82, 2.24) is 4.98 Å². The lowest BCUT2D eigenvalue weighted by Crippen LogP contribution is -2.53. The second kappa shape index (κ2) is 3.80. The molecule has 0 N–H and O–H groups in total. The van der Waals surface area contributed by atoms with E-state index in [0.29, 0.717) is 12.5 Å². The van der Waals surface area contributed by atoms with Crippen molar-refractivity contribution < 1.29 is 13.6 Å². The molecular weight excluding hydrogens is 247 g/mol. The molecule has 1 aromatic heterocycles. The van der Waals surface area contributed by atoms with E-state index in [1.807, 2.05) is 17.2 Å². The molecule has 1 aromatic rings. The highest BCUT2D eigenvalue weighted by Crippen LogP contribution is 2.76. The van der Waals surface area contributed by atoms with Gasteiger partial charge in [-0.15, -0.1) is 0 Å². The molecule has 3 rings (SSSR count). The van der Waals surface area contributed by atoms with E-state index in [2.05, 4.69) is 18.8 Å². The summed E-state index contributed by atoms with van der Waals surface area (Å²) in [5, 5.41) is -0.0660. The zero-order chi connectivity index (χ0) is 13.0. The fourth-order valence-electron chi connectivity index (χ4n) is 2.61. The Balaban J connectivity index is 1.77. The third-order valence-corrected chi connectivity index (χ3v) is 7.45. The predicted molar refractivity (Wildman–Crippen MR) is 69.2 cm³/mol. The van der Waals surface area contributed by atoms with Gasteiger partial charge in [-0.05, 0) is 30.2 Å². The summed E-state index contributed by atoms with van der Waals surface area (Å²) in [6.45, 7) is 6.90. The van der Waals surface area contributed by atoms with E-state index < -0.39 is 7.29 Å². The first-order chi connectivity index (χ1) is 8.47. The van der Waals surface area contributed by atoms with Crippen molar-refractivity contribution in [1.29, 1.82) is 0 Å². The fourth-order valence-corrected chi connectivity index (χ4v) is 5.30. The van der Waals surface area contributed by atoms with E-state index in [4.69, 9.17) is 4.74 Å². The Morgan fingerprint density at radius 2 is 2.28 bits per heavy atom. The van der Waals surface area contributed by atoms with Gasteiger partial charge in [-0.2, -0.15) is 4.34 Å². The Bertz CT molecular complexity index is 538. The molecular formula is C13H20N2O2P+. The molecule has 0 bridgehead atoms. The lowest BCUT2D eigenvalue weighted by atomic mass is 10.1. The third kappa shape index (κ3) is 1.55. The lowest BCUT2D eigenvalue weighted by Gasteiger charge is -2.29. The minimum atomic E-state index is -2.25. The zero-order valence-corrected chi connectivity index (χ0v) is 12.1. The van der Waals surface area contributed by atoms with Crippen LogP contribution in [-0.2, 0) is 9.72 Å². The zero-order valence-electron chi connectivity index (χ0n) is 11.2. The topological polar surface area (TPSA) is 43.1 Å². The summed E-state index contributed by atoms with van der Waals surface area (Å²) < 4.78 is 20.1. The molecule has 98 valence electrons. The molecule has 2 aliphatic rings. The molecule has 1 spiro atoms. The van der Waals surface area contributed by atoms with Crippen LogP contribution in [0.4, 0.5) is 0 Å². The number of ether oxygens (including phenoxy) is 1. The summed E-state index contributed by atoms with van der Waals surface area (Å²) in [6, 6.07) is 0. The van der Waals surface area contributed by atoms with E-state index in [-0.39, 0.29) is 5.16 Å². The summed E-state index contributed by atoms with van der Waals surface area (Å²) in [5.41, 5.74) is 0. The van der Waals surface area contributed by atoms with Crippen molar-refractivity contribution in [2.24, 2.45) is 5.92 Å². The van der Waals surface area contributed by atoms with Gasteiger partial charge < -0.3 is 4.74 Å². The van der Waals surface area contributed by atoms with Crippen LogP contribution < -0.4 is 9.07 Å². The highest BCUT2D eigenvalue weighted by molar-refractivity contribution is 7.59. The number of nitrogens with zero attached hydrogens (tertiary/aromatic N) is 2. The van der Waals surface area contributed by atoms with Crippen LogP contribution in [0.15, 0.2) is 12.4 Å². The Morgan fingerprint density at radius 1 is 1.56 bits per heavy atom. The molecule has 0 amide bonds. The van der Waals surface area contributed by atoms with Crippen molar-refractivity contribution in [3.8, 4) is 5.75 Å². The van der Waals surface area contributed by atoms with Gasteiger partial charge in [-0.3, -0.25) is 4.57 Å². The van der Waals surface area contributed by atoms with Crippen molar-refractivity contribution in [2.75, 3.05) is 13.3 Å². The maximum atomic E-state index is 12.6. The van der Waals surface area contributed by atoms with Gasteiger partial charge in [-0.1, -0.05) is 13.8 Å². The average Bonchev–Trinajstić information content (AvgIpc) is 3.11. The van der Waals surface area contributed by atoms with Crippen LogP contribution in [0.25, 0.3) is 0 Å². The average molecular weight is 267 g/mol. The summed E-state index contributed by atoms with van der Waals surface area (Å²) in [6.07, 6.45) is 6.72. The highest BCUT2D eigenvalue weighted by Gasteiger charge is 2.74. The van der Waals surface area contributed by atoms with Gasteiger partial charge in [0.25, 0.3) is 7.29 Å². The van der Waals surface area contributed by atoms with Crippen LogP contribution in [0.3, 0.4) is 0 Å². The smallest absolute Gasteiger partial charge is 0.320 e. The van der Waals surface area contributed by atoms with Crippen molar-refractivity contribution in [2.45, 2.75) is 38.3 Å². The molecule has 2 heterocycles. The summed E-state index contributed by atoms with van der Waals surface area (Å²) in [7, 11) is -2.25. The molecule has 1 unspecified atom stereocenters. The van der Waals surface area contributed by atoms with Crippen molar-refractivity contribution >= 4 is 7.29 Å². The SMILES string of the molecule is CC(C)CCOc1cnc2[n+](c1)P(C)(=O)C21CC1. The quantitative estimate of drug-likeness (QED) is 0.787. The summed E-state index contributed by atoms with van der Waals surface area (Å²) in [5.74, 6) is 2.35. The van der Waals surface area contributed by atoms with Crippen LogP contribution in [0.2, 0.25) is 0 Å². The second-order valence-electron chi connectivity index (χ2n) is 5.90. The Kier molecular flexibility index (Phi) is 2.57. The number of rotatable bonds is 4. The van der Waals surface area contributed by atoms with Gasteiger partial charge in [0.05, 0.1) is 6.61 Å². The van der Waals surface area contributed by atoms with Crippen LogP contribution in [0, 0.1) is 5.92 Å². The number of hydrogen-bond donors (Lipinski definition) is 0. The van der Waals surface area contributed by atoms with E-state index in [1.54, 1.807) is 6.20 Å². The summed E-state index contributed by atoms with van der Waals surface area (Å²) in [4.78, 5) is 4.44. The minimum absolute atomic E-state index is 0.0660. The molecule has 18 heavy (non-hydrogen) atoms. The maximum absolute atomic E-state index is 12.6. The highest BCUT2D eigenvalue weighted by atomic mass is 31.2. The van der Waals surface area contributed by atoms with Crippen LogP contribution in [0.1, 0.15) is 38.9 Å². The van der Waals surface area contributed by atoms with E-state index in [1.165, 1.54) is 0 Å². The lowest BCUT2D eigenvalue weighted by molar-refractivity contribution is -0.561. The summed E-state index contributed by atoms with van der Waals surface area (Å²) >= 11 is 0. The maximum Gasteiger partial charge on any atom is 0.320 e. The van der Waals surface area contributed by atoms with E-state index in [9.17, 15) is 4.57 Å². The van der Waals surface area contributed by atoms with Gasteiger partial charge in [0.1, 0.15) is 6.20 Å². The molecule has 1 saturated carbocycles. The standard InChI is InChI=1S/C13H20N2O2P/c1-10(2)4-7-17-11-8-14-12-13(5-6-13)18(3,16)15(12)9-11/h8-10H,4-7H2,1-3H3/q+1. The first kappa shape index (κ1) is 12.2. The van der Waals surface area contributed by atoms with Crippen molar-refractivity contribution in [3.63, 3.8) is 0 Å². The van der Waals surface area contributed by atoms with E-state index in [0.717, 1.165) is 30.8 Å². The van der Waals surface area contributed by atoms with E-state index >= 15 is 0 Å². The molecule has 1 atom stereocenters. The Labute approximate surface area is 108 Å². The molecule has 0 saturated heterocycles. The molecule has 1 aliphatic heterocycles. The third-order valence-electron chi connectivity index (χ3n) is 4.09. The van der Waals surface area contributed by atoms with Gasteiger partial charge >= 0.3 is 5.82 Å². The number of hydrogen-bond acceptors (Lipinski definition) is 3. The molecule has 1 aliphatic carbocycles. The molecule has 4 nitrogen and oxygen atoms in total. The number of fused-ring (bicyclic) bond motifs is 2. The minimum Gasteiger partial charge on any atom is -0.486 e. The van der Waals surface area contributed by atoms with Crippen LogP contribution in [-0.4, -0.2) is 18.3 Å². The number of aromatic nitrogens is 2. The van der Waals surface area contributed by atoms with Crippen molar-refractivity contribution in [3.05, 3.63) is 18.2 Å². The van der Waals surface area contributed by atoms with Gasteiger partial charge in [-0.25, -0.2) is 0 Å². The molecule has 5 heteroatoms. The van der Waals surface area contributed by atoms with Gasteiger partial charge in [0.2, 0.25) is 5.75 Å². The molecule has 1 fully saturated rings. The molecule has 0 radical (unpaired) electrons. The monoisotopic (exact) mass is 267 g/mol. The Morgan fingerprint density at radius 3 is 2.89 bits per heavy atom. The largest absolute Gasteiger partial charge is 0.486 e. The Hall–Kier alpha value is -0.890.